The Morgan fingerprint density at radius 3 is 2.48 bits per heavy atom. The summed E-state index contributed by atoms with van der Waals surface area (Å²) in [6, 6.07) is 11.4. The van der Waals surface area contributed by atoms with Crippen molar-refractivity contribution in [1.82, 2.24) is 4.90 Å². The maximum Gasteiger partial charge on any atom is 0.416 e. The highest BCUT2D eigenvalue weighted by atomic mass is 32.2. The molecule has 0 aromatic heterocycles. The van der Waals surface area contributed by atoms with Gasteiger partial charge in [0.05, 0.1) is 10.5 Å². The average molecular weight is 420 g/mol. The number of benzene rings is 2. The van der Waals surface area contributed by atoms with Gasteiger partial charge >= 0.3 is 6.18 Å². The molecule has 1 N–H and O–H groups in total. The van der Waals surface area contributed by atoms with Gasteiger partial charge in [-0.25, -0.2) is 0 Å². The molecule has 0 spiro atoms. The summed E-state index contributed by atoms with van der Waals surface area (Å²) < 4.78 is 38.5. The molecule has 3 amide bonds. The van der Waals surface area contributed by atoms with Crippen LogP contribution >= 0.6 is 11.8 Å². The van der Waals surface area contributed by atoms with Crippen molar-refractivity contribution in [2.45, 2.75) is 13.1 Å². The molecule has 0 radical (unpaired) electrons. The van der Waals surface area contributed by atoms with E-state index in [2.05, 4.69) is 5.32 Å². The monoisotopic (exact) mass is 420 g/mol. The molecule has 0 bridgehead atoms. The smallest absolute Gasteiger partial charge is 0.325 e. The molecule has 2 aromatic carbocycles. The van der Waals surface area contributed by atoms with Gasteiger partial charge in [-0.05, 0) is 54.6 Å². The van der Waals surface area contributed by atoms with Crippen molar-refractivity contribution in [2.24, 2.45) is 0 Å². The van der Waals surface area contributed by atoms with Crippen LogP contribution in [0.5, 0.6) is 0 Å². The van der Waals surface area contributed by atoms with E-state index in [9.17, 15) is 27.6 Å². The fourth-order valence-corrected chi connectivity index (χ4v) is 3.41. The minimum absolute atomic E-state index is 0.0440. The molecule has 0 saturated carbocycles. The highest BCUT2D eigenvalue weighted by Gasteiger charge is 2.36. The van der Waals surface area contributed by atoms with Gasteiger partial charge in [-0.1, -0.05) is 29.8 Å². The van der Waals surface area contributed by atoms with Crippen LogP contribution in [0.4, 0.5) is 23.7 Å². The number of alkyl halides is 3. The van der Waals surface area contributed by atoms with Crippen molar-refractivity contribution < 1.29 is 27.6 Å². The van der Waals surface area contributed by atoms with Gasteiger partial charge in [-0.2, -0.15) is 13.2 Å². The number of carbonyl (C=O) groups excluding carboxylic acids is 3. The van der Waals surface area contributed by atoms with Crippen molar-refractivity contribution in [3.8, 4) is 0 Å². The van der Waals surface area contributed by atoms with Gasteiger partial charge in [0.1, 0.15) is 6.54 Å². The predicted molar refractivity (Wildman–Crippen MR) is 104 cm³/mol. The molecular formula is C20H15F3N2O3S. The van der Waals surface area contributed by atoms with Crippen LogP contribution in [0, 0.1) is 6.92 Å². The fraction of sp³-hybridized carbons (Fsp3) is 0.150. The molecule has 0 unspecified atom stereocenters. The first-order valence-electron chi connectivity index (χ1n) is 8.42. The Hall–Kier alpha value is -3.07. The maximum atomic E-state index is 12.8. The molecule has 3 rings (SSSR count). The molecule has 5 nitrogen and oxygen atoms in total. The summed E-state index contributed by atoms with van der Waals surface area (Å²) in [6.45, 7) is 1.40. The van der Waals surface area contributed by atoms with Gasteiger partial charge in [-0.15, -0.1) is 0 Å². The van der Waals surface area contributed by atoms with E-state index in [1.165, 1.54) is 18.2 Å². The Labute approximate surface area is 168 Å². The van der Waals surface area contributed by atoms with E-state index in [0.29, 0.717) is 17.4 Å². The molecule has 1 saturated heterocycles. The van der Waals surface area contributed by atoms with Crippen LogP contribution in [-0.2, 0) is 15.8 Å². The molecule has 1 aliphatic rings. The number of hydrogen-bond acceptors (Lipinski definition) is 4. The first kappa shape index (κ1) is 20.7. The minimum atomic E-state index is -4.52. The van der Waals surface area contributed by atoms with Gasteiger partial charge in [0, 0.05) is 5.69 Å². The number of nitrogens with zero attached hydrogens (tertiary/aromatic N) is 1. The lowest BCUT2D eigenvalue weighted by Gasteiger charge is -2.12. The van der Waals surface area contributed by atoms with Crippen LogP contribution in [0.3, 0.4) is 0 Å². The Morgan fingerprint density at radius 2 is 1.83 bits per heavy atom. The van der Waals surface area contributed by atoms with Crippen LogP contribution in [-0.4, -0.2) is 28.5 Å². The Balaban J connectivity index is 1.71. The van der Waals surface area contributed by atoms with E-state index >= 15 is 0 Å². The second kappa shape index (κ2) is 8.12. The third-order valence-electron chi connectivity index (χ3n) is 4.02. The summed E-state index contributed by atoms with van der Waals surface area (Å²) in [5.74, 6) is -1.28. The lowest BCUT2D eigenvalue weighted by molar-refractivity contribution is -0.137. The van der Waals surface area contributed by atoms with E-state index < -0.39 is 35.3 Å². The molecule has 29 heavy (non-hydrogen) atoms. The predicted octanol–water partition coefficient (Wildman–Crippen LogP) is 4.69. The summed E-state index contributed by atoms with van der Waals surface area (Å²) in [5, 5.41) is 1.93. The van der Waals surface area contributed by atoms with Crippen LogP contribution in [0.25, 0.3) is 6.08 Å². The average Bonchev–Trinajstić information content (AvgIpc) is 2.90. The number of halogens is 3. The number of thioether (sulfide) groups is 1. The van der Waals surface area contributed by atoms with Gasteiger partial charge in [-0.3, -0.25) is 19.3 Å². The molecule has 0 atom stereocenters. The molecule has 150 valence electrons. The van der Waals surface area contributed by atoms with Crippen molar-refractivity contribution >= 4 is 40.6 Å². The lowest BCUT2D eigenvalue weighted by atomic mass is 10.1. The van der Waals surface area contributed by atoms with Crippen molar-refractivity contribution in [2.75, 3.05) is 11.9 Å². The zero-order valence-corrected chi connectivity index (χ0v) is 15.9. The number of rotatable bonds is 4. The third-order valence-corrected chi connectivity index (χ3v) is 4.93. The Bertz CT molecular complexity index is 1000. The SMILES string of the molecule is Cc1ccc(NC(=O)CN2C(=O)S/C(=C/c3cccc(C(F)(F)F)c3)C2=O)cc1. The van der Waals surface area contributed by atoms with E-state index in [1.807, 2.05) is 6.92 Å². The molecule has 1 fully saturated rings. The van der Waals surface area contributed by atoms with Crippen LogP contribution in [0.2, 0.25) is 0 Å². The zero-order valence-electron chi connectivity index (χ0n) is 15.1. The fourth-order valence-electron chi connectivity index (χ4n) is 2.57. The first-order valence-corrected chi connectivity index (χ1v) is 9.24. The van der Waals surface area contributed by atoms with E-state index in [-0.39, 0.29) is 10.5 Å². The number of nitrogens with one attached hydrogen (secondary N) is 1. The summed E-state index contributed by atoms with van der Waals surface area (Å²) in [6.07, 6.45) is -3.31. The van der Waals surface area contributed by atoms with Gasteiger partial charge in [0.15, 0.2) is 0 Å². The molecule has 1 aliphatic heterocycles. The molecule has 2 aromatic rings. The second-order valence-corrected chi connectivity index (χ2v) is 7.30. The lowest BCUT2D eigenvalue weighted by Crippen LogP contribution is -2.36. The topological polar surface area (TPSA) is 66.5 Å². The van der Waals surface area contributed by atoms with Crippen molar-refractivity contribution in [3.05, 3.63) is 70.1 Å². The van der Waals surface area contributed by atoms with Gasteiger partial charge < -0.3 is 5.32 Å². The molecule has 0 aliphatic carbocycles. The highest BCUT2D eigenvalue weighted by molar-refractivity contribution is 8.18. The normalized spacial score (nSPS) is 15.9. The van der Waals surface area contributed by atoms with Gasteiger partial charge in [0.2, 0.25) is 5.91 Å². The highest BCUT2D eigenvalue weighted by Crippen LogP contribution is 2.34. The molecule has 9 heteroatoms. The van der Waals surface area contributed by atoms with Crippen LogP contribution in [0.1, 0.15) is 16.7 Å². The maximum absolute atomic E-state index is 12.8. The number of anilines is 1. The number of carbonyl (C=O) groups is 3. The van der Waals surface area contributed by atoms with E-state index in [1.54, 1.807) is 24.3 Å². The number of aryl methyl sites for hydroxylation is 1. The van der Waals surface area contributed by atoms with Crippen LogP contribution < -0.4 is 5.32 Å². The number of amides is 3. The zero-order chi connectivity index (χ0) is 21.2. The van der Waals surface area contributed by atoms with Crippen molar-refractivity contribution in [3.63, 3.8) is 0 Å². The second-order valence-electron chi connectivity index (χ2n) is 6.31. The minimum Gasteiger partial charge on any atom is -0.325 e. The standard InChI is InChI=1S/C20H15F3N2O3S/c1-12-5-7-15(8-6-12)24-17(26)11-25-18(27)16(29-19(25)28)10-13-3-2-4-14(9-13)20(21,22)23/h2-10H,11H2,1H3,(H,24,26)/b16-10+. The molecule has 1 heterocycles. The van der Waals surface area contributed by atoms with E-state index in [4.69, 9.17) is 0 Å². The van der Waals surface area contributed by atoms with Crippen LogP contribution in [0.15, 0.2) is 53.4 Å². The Kier molecular flexibility index (Phi) is 5.78. The number of hydrogen-bond donors (Lipinski definition) is 1. The first-order chi connectivity index (χ1) is 13.6. The molecular weight excluding hydrogens is 405 g/mol. The third kappa shape index (κ3) is 5.05. The summed E-state index contributed by atoms with van der Waals surface area (Å²) in [7, 11) is 0. The quantitative estimate of drug-likeness (QED) is 0.729. The summed E-state index contributed by atoms with van der Waals surface area (Å²) in [5.41, 5.74) is 0.804. The van der Waals surface area contributed by atoms with Crippen molar-refractivity contribution in [1.29, 1.82) is 0 Å². The Morgan fingerprint density at radius 1 is 1.14 bits per heavy atom. The van der Waals surface area contributed by atoms with E-state index in [0.717, 1.165) is 22.6 Å². The summed E-state index contributed by atoms with van der Waals surface area (Å²) >= 11 is 0.578. The largest absolute Gasteiger partial charge is 0.416 e. The number of imide groups is 1. The van der Waals surface area contributed by atoms with Gasteiger partial charge in [0.25, 0.3) is 11.1 Å². The summed E-state index contributed by atoms with van der Waals surface area (Å²) in [4.78, 5) is 37.4.